The van der Waals surface area contributed by atoms with Gasteiger partial charge < -0.3 is 15.7 Å². The second-order valence-corrected chi connectivity index (χ2v) is 4.76. The molecule has 3 N–H and O–H groups in total. The third-order valence-corrected chi connectivity index (χ3v) is 3.31. The van der Waals surface area contributed by atoms with Crippen LogP contribution in [0.3, 0.4) is 0 Å². The molecule has 0 spiro atoms. The van der Waals surface area contributed by atoms with Gasteiger partial charge in [0.05, 0.1) is 6.04 Å². The first-order chi connectivity index (χ1) is 8.04. The number of piperidine rings is 1. The number of carboxylic acid groups (broad SMARTS) is 1. The quantitative estimate of drug-likeness (QED) is 0.748. The van der Waals surface area contributed by atoms with Crippen LogP contribution in [-0.2, 0) is 9.59 Å². The van der Waals surface area contributed by atoms with E-state index in [0.29, 0.717) is 19.5 Å². The van der Waals surface area contributed by atoms with E-state index in [4.69, 9.17) is 10.8 Å². The lowest BCUT2D eigenvalue weighted by atomic mass is 9.93. The maximum atomic E-state index is 11.9. The first kappa shape index (κ1) is 14.0. The zero-order chi connectivity index (χ0) is 12.8. The van der Waals surface area contributed by atoms with E-state index in [9.17, 15) is 9.59 Å². The van der Waals surface area contributed by atoms with Crippen molar-refractivity contribution in [2.45, 2.75) is 45.1 Å². The topological polar surface area (TPSA) is 83.6 Å². The Morgan fingerprint density at radius 3 is 2.47 bits per heavy atom. The van der Waals surface area contributed by atoms with Gasteiger partial charge >= 0.3 is 5.97 Å². The summed E-state index contributed by atoms with van der Waals surface area (Å²) < 4.78 is 0. The summed E-state index contributed by atoms with van der Waals surface area (Å²) in [7, 11) is 0. The first-order valence-electron chi connectivity index (χ1n) is 6.30. The minimum Gasteiger partial charge on any atom is -0.481 e. The molecular weight excluding hydrogens is 220 g/mol. The van der Waals surface area contributed by atoms with E-state index in [-0.39, 0.29) is 18.2 Å². The van der Waals surface area contributed by atoms with E-state index in [1.807, 2.05) is 6.92 Å². The summed E-state index contributed by atoms with van der Waals surface area (Å²) in [6.07, 6.45) is 3.38. The standard InChI is InChI=1S/C12H22N2O3/c1-2-3-10(13)12(17)14-6-4-9(5-7-14)8-11(15)16/h9-10H,2-8,13H2,1H3,(H,15,16)/t10-/m1/s1. The number of carboxylic acids is 1. The monoisotopic (exact) mass is 242 g/mol. The Balaban J connectivity index is 2.35. The van der Waals surface area contributed by atoms with Crippen LogP contribution < -0.4 is 5.73 Å². The van der Waals surface area contributed by atoms with Gasteiger partial charge in [-0.1, -0.05) is 13.3 Å². The lowest BCUT2D eigenvalue weighted by molar-refractivity contribution is -0.138. The summed E-state index contributed by atoms with van der Waals surface area (Å²) in [5.41, 5.74) is 5.79. The molecule has 0 radical (unpaired) electrons. The molecule has 0 unspecified atom stereocenters. The van der Waals surface area contributed by atoms with Crippen molar-refractivity contribution in [2.75, 3.05) is 13.1 Å². The van der Waals surface area contributed by atoms with Crippen LogP contribution >= 0.6 is 0 Å². The van der Waals surface area contributed by atoms with Crippen molar-refractivity contribution < 1.29 is 14.7 Å². The Labute approximate surface area is 102 Å². The fourth-order valence-corrected chi connectivity index (χ4v) is 2.27. The summed E-state index contributed by atoms with van der Waals surface area (Å²) in [6, 6.07) is -0.393. The minimum atomic E-state index is -0.752. The summed E-state index contributed by atoms with van der Waals surface area (Å²) in [4.78, 5) is 24.3. The van der Waals surface area contributed by atoms with Crippen molar-refractivity contribution in [3.63, 3.8) is 0 Å². The van der Waals surface area contributed by atoms with Crippen LogP contribution in [0.5, 0.6) is 0 Å². The van der Waals surface area contributed by atoms with Gasteiger partial charge in [-0.15, -0.1) is 0 Å². The molecule has 1 amide bonds. The molecule has 17 heavy (non-hydrogen) atoms. The SMILES string of the molecule is CCC[C@@H](N)C(=O)N1CCC(CC(=O)O)CC1. The van der Waals surface area contributed by atoms with Crippen LogP contribution in [0, 0.1) is 5.92 Å². The number of nitrogens with zero attached hydrogens (tertiary/aromatic N) is 1. The number of aliphatic carboxylic acids is 1. The van der Waals surface area contributed by atoms with Gasteiger partial charge in [-0.25, -0.2) is 0 Å². The van der Waals surface area contributed by atoms with Crippen molar-refractivity contribution in [1.82, 2.24) is 4.90 Å². The Hall–Kier alpha value is -1.10. The Morgan fingerprint density at radius 2 is 2.00 bits per heavy atom. The van der Waals surface area contributed by atoms with Gasteiger partial charge in [-0.2, -0.15) is 0 Å². The predicted molar refractivity (Wildman–Crippen MR) is 64.4 cm³/mol. The lowest BCUT2D eigenvalue weighted by Crippen LogP contribution is -2.47. The molecule has 0 aromatic carbocycles. The second kappa shape index (κ2) is 6.59. The van der Waals surface area contributed by atoms with E-state index in [2.05, 4.69) is 0 Å². The number of likely N-dealkylation sites (tertiary alicyclic amines) is 1. The van der Waals surface area contributed by atoms with Crippen molar-refractivity contribution >= 4 is 11.9 Å². The predicted octanol–water partition coefficient (Wildman–Crippen LogP) is 0.827. The molecule has 1 heterocycles. The number of carbonyl (C=O) groups is 2. The average molecular weight is 242 g/mol. The number of hydrogen-bond acceptors (Lipinski definition) is 3. The number of amides is 1. The largest absolute Gasteiger partial charge is 0.481 e. The molecule has 1 saturated heterocycles. The highest BCUT2D eigenvalue weighted by Crippen LogP contribution is 2.21. The summed E-state index contributed by atoms with van der Waals surface area (Å²) in [5, 5.41) is 8.70. The highest BCUT2D eigenvalue weighted by Gasteiger charge is 2.26. The molecule has 5 heteroatoms. The molecule has 0 aromatic rings. The van der Waals surface area contributed by atoms with E-state index < -0.39 is 12.0 Å². The van der Waals surface area contributed by atoms with Crippen LogP contribution in [0.2, 0.25) is 0 Å². The van der Waals surface area contributed by atoms with Crippen LogP contribution in [0.1, 0.15) is 39.0 Å². The minimum absolute atomic E-state index is 0.0145. The molecule has 1 aliphatic rings. The Bertz CT molecular complexity index is 273. The number of nitrogens with two attached hydrogens (primary N) is 1. The van der Waals surface area contributed by atoms with Gasteiger partial charge in [0, 0.05) is 19.5 Å². The molecule has 0 saturated carbocycles. The number of hydrogen-bond donors (Lipinski definition) is 2. The van der Waals surface area contributed by atoms with Crippen molar-refractivity contribution in [2.24, 2.45) is 11.7 Å². The molecule has 1 aliphatic heterocycles. The summed E-state index contributed by atoms with van der Waals surface area (Å²) in [5.74, 6) is -0.531. The molecular formula is C12H22N2O3. The normalized spacial score (nSPS) is 19.1. The molecule has 5 nitrogen and oxygen atoms in total. The lowest BCUT2D eigenvalue weighted by Gasteiger charge is -2.33. The molecule has 0 bridgehead atoms. The Kier molecular flexibility index (Phi) is 5.41. The fourth-order valence-electron chi connectivity index (χ4n) is 2.27. The van der Waals surface area contributed by atoms with E-state index in [1.54, 1.807) is 4.90 Å². The zero-order valence-electron chi connectivity index (χ0n) is 10.4. The second-order valence-electron chi connectivity index (χ2n) is 4.76. The molecule has 98 valence electrons. The van der Waals surface area contributed by atoms with E-state index in [0.717, 1.165) is 19.3 Å². The van der Waals surface area contributed by atoms with Crippen molar-refractivity contribution in [3.8, 4) is 0 Å². The molecule has 0 aromatic heterocycles. The molecule has 1 fully saturated rings. The highest BCUT2D eigenvalue weighted by molar-refractivity contribution is 5.81. The zero-order valence-corrected chi connectivity index (χ0v) is 10.4. The van der Waals surface area contributed by atoms with Gasteiger partial charge in [0.1, 0.15) is 0 Å². The average Bonchev–Trinajstić information content (AvgIpc) is 2.28. The molecule has 1 rings (SSSR count). The van der Waals surface area contributed by atoms with Crippen molar-refractivity contribution in [3.05, 3.63) is 0 Å². The first-order valence-corrected chi connectivity index (χ1v) is 6.30. The van der Waals surface area contributed by atoms with Crippen LogP contribution in [0.15, 0.2) is 0 Å². The molecule has 0 aliphatic carbocycles. The fraction of sp³-hybridized carbons (Fsp3) is 0.833. The van der Waals surface area contributed by atoms with Gasteiger partial charge in [0.2, 0.25) is 5.91 Å². The van der Waals surface area contributed by atoms with Crippen molar-refractivity contribution in [1.29, 1.82) is 0 Å². The molecule has 1 atom stereocenters. The highest BCUT2D eigenvalue weighted by atomic mass is 16.4. The van der Waals surface area contributed by atoms with Gasteiger partial charge in [0.25, 0.3) is 0 Å². The third-order valence-electron chi connectivity index (χ3n) is 3.31. The van der Waals surface area contributed by atoms with E-state index >= 15 is 0 Å². The smallest absolute Gasteiger partial charge is 0.303 e. The van der Waals surface area contributed by atoms with Gasteiger partial charge in [0.15, 0.2) is 0 Å². The van der Waals surface area contributed by atoms with Crippen LogP contribution in [0.25, 0.3) is 0 Å². The summed E-state index contributed by atoms with van der Waals surface area (Å²) in [6.45, 7) is 3.30. The van der Waals surface area contributed by atoms with Gasteiger partial charge in [-0.05, 0) is 25.2 Å². The van der Waals surface area contributed by atoms with E-state index in [1.165, 1.54) is 0 Å². The summed E-state index contributed by atoms with van der Waals surface area (Å²) >= 11 is 0. The van der Waals surface area contributed by atoms with Crippen LogP contribution in [-0.4, -0.2) is 41.0 Å². The maximum absolute atomic E-state index is 11.9. The van der Waals surface area contributed by atoms with Crippen LogP contribution in [0.4, 0.5) is 0 Å². The third kappa shape index (κ3) is 4.34. The number of carbonyl (C=O) groups excluding carboxylic acids is 1. The Morgan fingerprint density at radius 1 is 1.41 bits per heavy atom. The van der Waals surface area contributed by atoms with Gasteiger partial charge in [-0.3, -0.25) is 9.59 Å². The maximum Gasteiger partial charge on any atom is 0.303 e. The number of rotatable bonds is 5.